The van der Waals surface area contributed by atoms with Crippen molar-refractivity contribution < 1.29 is 15.0 Å². The van der Waals surface area contributed by atoms with Crippen molar-refractivity contribution in [1.29, 1.82) is 0 Å². The fourth-order valence-corrected chi connectivity index (χ4v) is 1.93. The first-order chi connectivity index (χ1) is 9.51. The molecule has 104 valence electrons. The highest BCUT2D eigenvalue weighted by molar-refractivity contribution is 6.31. The van der Waals surface area contributed by atoms with Gasteiger partial charge in [0.2, 0.25) is 0 Å². The highest BCUT2D eigenvalue weighted by Crippen LogP contribution is 2.28. The number of benzene rings is 2. The van der Waals surface area contributed by atoms with Gasteiger partial charge in [0, 0.05) is 5.02 Å². The predicted molar refractivity (Wildman–Crippen MR) is 78.5 cm³/mol. The number of aromatic carboxylic acids is 1. The van der Waals surface area contributed by atoms with Gasteiger partial charge >= 0.3 is 5.97 Å². The third-order valence-corrected chi connectivity index (χ3v) is 3.02. The smallest absolute Gasteiger partial charge is 0.337 e. The van der Waals surface area contributed by atoms with Crippen LogP contribution in [0.15, 0.2) is 36.4 Å². The van der Waals surface area contributed by atoms with Crippen LogP contribution in [0, 0.1) is 0 Å². The number of nitrogen functional groups attached to an aromatic ring is 1. The molecule has 0 aliphatic carbocycles. The van der Waals surface area contributed by atoms with Crippen LogP contribution in [0.5, 0.6) is 0 Å². The van der Waals surface area contributed by atoms with Gasteiger partial charge in [-0.2, -0.15) is 0 Å². The summed E-state index contributed by atoms with van der Waals surface area (Å²) < 4.78 is 0. The molecule has 2 aromatic rings. The Kier molecular flexibility index (Phi) is 4.12. The molecule has 0 aliphatic heterocycles. The number of aliphatic hydroxyl groups excluding tert-OH is 1. The van der Waals surface area contributed by atoms with Crippen LogP contribution in [0.4, 0.5) is 17.1 Å². The molecule has 0 radical (unpaired) electrons. The lowest BCUT2D eigenvalue weighted by atomic mass is 10.1. The van der Waals surface area contributed by atoms with Crippen LogP contribution in [0.2, 0.25) is 5.02 Å². The Morgan fingerprint density at radius 3 is 2.60 bits per heavy atom. The van der Waals surface area contributed by atoms with Gasteiger partial charge in [0.25, 0.3) is 0 Å². The van der Waals surface area contributed by atoms with Crippen LogP contribution in [-0.4, -0.2) is 16.2 Å². The topological polar surface area (TPSA) is 95.6 Å². The number of carboxylic acid groups (broad SMARTS) is 1. The highest BCUT2D eigenvalue weighted by atomic mass is 35.5. The lowest BCUT2D eigenvalue weighted by molar-refractivity contribution is 0.0698. The van der Waals surface area contributed by atoms with Crippen LogP contribution in [0.1, 0.15) is 15.9 Å². The summed E-state index contributed by atoms with van der Waals surface area (Å²) in [6, 6.07) is 9.41. The van der Waals surface area contributed by atoms with E-state index in [2.05, 4.69) is 5.32 Å². The lowest BCUT2D eigenvalue weighted by Crippen LogP contribution is -2.04. The zero-order chi connectivity index (χ0) is 14.7. The number of nitrogens with two attached hydrogens (primary N) is 1. The first-order valence-corrected chi connectivity index (χ1v) is 6.18. The van der Waals surface area contributed by atoms with Crippen molar-refractivity contribution >= 4 is 34.6 Å². The van der Waals surface area contributed by atoms with Gasteiger partial charge in [-0.05, 0) is 35.9 Å². The van der Waals surface area contributed by atoms with E-state index in [4.69, 9.17) is 27.5 Å². The minimum absolute atomic E-state index is 0.0863. The molecule has 20 heavy (non-hydrogen) atoms. The standard InChI is InChI=1S/C14H13ClN2O3/c15-9-2-3-10(14(19)20)12(6-9)17-13-5-8(7-18)1-4-11(13)16/h1-6,17-18H,7,16H2,(H,19,20). The molecular weight excluding hydrogens is 280 g/mol. The third-order valence-electron chi connectivity index (χ3n) is 2.78. The van der Waals surface area contributed by atoms with E-state index >= 15 is 0 Å². The fraction of sp³-hybridized carbons (Fsp3) is 0.0714. The van der Waals surface area contributed by atoms with E-state index in [9.17, 15) is 4.79 Å². The molecule has 0 spiro atoms. The SMILES string of the molecule is Nc1ccc(CO)cc1Nc1cc(Cl)ccc1C(=O)O. The van der Waals surface area contributed by atoms with Gasteiger partial charge in [0.05, 0.1) is 29.2 Å². The number of anilines is 3. The molecule has 0 aromatic heterocycles. The minimum Gasteiger partial charge on any atom is -0.478 e. The summed E-state index contributed by atoms with van der Waals surface area (Å²) in [5, 5.41) is 21.6. The average molecular weight is 293 g/mol. The van der Waals surface area contributed by atoms with Crippen molar-refractivity contribution in [3.05, 3.63) is 52.5 Å². The zero-order valence-corrected chi connectivity index (χ0v) is 11.2. The Morgan fingerprint density at radius 2 is 1.95 bits per heavy atom. The Balaban J connectivity index is 2.43. The summed E-state index contributed by atoms with van der Waals surface area (Å²) >= 11 is 5.88. The molecule has 2 aromatic carbocycles. The van der Waals surface area contributed by atoms with E-state index in [-0.39, 0.29) is 12.2 Å². The second kappa shape index (κ2) is 5.81. The molecule has 0 saturated heterocycles. The summed E-state index contributed by atoms with van der Waals surface area (Å²) in [5.41, 5.74) is 7.88. The molecule has 2 rings (SSSR count). The van der Waals surface area contributed by atoms with Crippen molar-refractivity contribution in [2.24, 2.45) is 0 Å². The Morgan fingerprint density at radius 1 is 1.20 bits per heavy atom. The van der Waals surface area contributed by atoms with E-state index in [1.54, 1.807) is 18.2 Å². The number of aliphatic hydroxyl groups is 1. The maximum atomic E-state index is 11.2. The first-order valence-electron chi connectivity index (χ1n) is 5.80. The van der Waals surface area contributed by atoms with Crippen molar-refractivity contribution in [3.63, 3.8) is 0 Å². The number of halogens is 1. The summed E-state index contributed by atoms with van der Waals surface area (Å²) in [5.74, 6) is -1.07. The summed E-state index contributed by atoms with van der Waals surface area (Å²) in [6.07, 6.45) is 0. The van der Waals surface area contributed by atoms with Crippen molar-refractivity contribution in [2.45, 2.75) is 6.61 Å². The van der Waals surface area contributed by atoms with E-state index in [1.165, 1.54) is 18.2 Å². The second-order valence-electron chi connectivity index (χ2n) is 4.20. The van der Waals surface area contributed by atoms with E-state index in [1.807, 2.05) is 0 Å². The minimum atomic E-state index is -1.07. The molecule has 0 heterocycles. The molecule has 0 saturated carbocycles. The Bertz CT molecular complexity index is 659. The molecular formula is C14H13ClN2O3. The monoisotopic (exact) mass is 292 g/mol. The number of rotatable bonds is 4. The van der Waals surface area contributed by atoms with Crippen molar-refractivity contribution in [3.8, 4) is 0 Å². The molecule has 0 bridgehead atoms. The van der Waals surface area contributed by atoms with E-state index in [0.717, 1.165) is 0 Å². The summed E-state index contributed by atoms with van der Waals surface area (Å²) in [6.45, 7) is -0.129. The van der Waals surface area contributed by atoms with E-state index in [0.29, 0.717) is 27.6 Å². The Labute approximate surface area is 120 Å². The number of nitrogens with one attached hydrogen (secondary N) is 1. The van der Waals surface area contributed by atoms with Gasteiger partial charge in [0.15, 0.2) is 0 Å². The van der Waals surface area contributed by atoms with Gasteiger partial charge < -0.3 is 21.3 Å². The Hall–Kier alpha value is -2.24. The molecule has 5 N–H and O–H groups in total. The molecule has 5 nitrogen and oxygen atoms in total. The summed E-state index contributed by atoms with van der Waals surface area (Å²) in [4.78, 5) is 11.2. The van der Waals surface area contributed by atoms with Crippen LogP contribution < -0.4 is 11.1 Å². The van der Waals surface area contributed by atoms with Gasteiger partial charge in [-0.15, -0.1) is 0 Å². The predicted octanol–water partition coefficient (Wildman–Crippen LogP) is 2.86. The largest absolute Gasteiger partial charge is 0.478 e. The quantitative estimate of drug-likeness (QED) is 0.650. The molecule has 0 fully saturated rings. The van der Waals surface area contributed by atoms with E-state index < -0.39 is 5.97 Å². The highest BCUT2D eigenvalue weighted by Gasteiger charge is 2.12. The third kappa shape index (κ3) is 3.01. The molecule has 0 aliphatic rings. The van der Waals surface area contributed by atoms with Gasteiger partial charge in [-0.25, -0.2) is 4.79 Å². The summed E-state index contributed by atoms with van der Waals surface area (Å²) in [7, 11) is 0. The van der Waals surface area contributed by atoms with Gasteiger partial charge in [0.1, 0.15) is 0 Å². The number of carbonyl (C=O) groups is 1. The normalized spacial score (nSPS) is 10.3. The first kappa shape index (κ1) is 14.2. The molecule has 6 heteroatoms. The molecule has 0 amide bonds. The number of carboxylic acids is 1. The maximum Gasteiger partial charge on any atom is 0.337 e. The molecule has 0 atom stereocenters. The van der Waals surface area contributed by atoms with Gasteiger partial charge in [-0.1, -0.05) is 17.7 Å². The fourth-order valence-electron chi connectivity index (χ4n) is 1.76. The van der Waals surface area contributed by atoms with Crippen LogP contribution >= 0.6 is 11.6 Å². The number of hydrogen-bond donors (Lipinski definition) is 4. The number of hydrogen-bond acceptors (Lipinski definition) is 4. The average Bonchev–Trinajstić information content (AvgIpc) is 2.41. The maximum absolute atomic E-state index is 11.2. The van der Waals surface area contributed by atoms with Crippen LogP contribution in [-0.2, 0) is 6.61 Å². The van der Waals surface area contributed by atoms with Crippen LogP contribution in [0.3, 0.4) is 0 Å². The lowest BCUT2D eigenvalue weighted by Gasteiger charge is -2.13. The molecule has 0 unspecified atom stereocenters. The van der Waals surface area contributed by atoms with Crippen molar-refractivity contribution in [2.75, 3.05) is 11.1 Å². The second-order valence-corrected chi connectivity index (χ2v) is 4.64. The van der Waals surface area contributed by atoms with Crippen molar-refractivity contribution in [1.82, 2.24) is 0 Å². The zero-order valence-electron chi connectivity index (χ0n) is 10.4. The van der Waals surface area contributed by atoms with Gasteiger partial charge in [-0.3, -0.25) is 0 Å². The van der Waals surface area contributed by atoms with Crippen LogP contribution in [0.25, 0.3) is 0 Å².